The SMILES string of the molecule is NN1CSC2=Nc3ccccc3C2=N1. The summed E-state index contributed by atoms with van der Waals surface area (Å²) in [6.07, 6.45) is 0. The first-order valence-corrected chi connectivity index (χ1v) is 5.25. The van der Waals surface area contributed by atoms with Crippen LogP contribution >= 0.6 is 11.8 Å². The predicted molar refractivity (Wildman–Crippen MR) is 58.6 cm³/mol. The number of para-hydroxylation sites is 1. The quantitative estimate of drug-likeness (QED) is 0.648. The van der Waals surface area contributed by atoms with Crippen LogP contribution in [0.3, 0.4) is 0 Å². The van der Waals surface area contributed by atoms with Crippen molar-refractivity contribution in [2.45, 2.75) is 0 Å². The molecule has 0 bridgehead atoms. The zero-order valence-corrected chi connectivity index (χ0v) is 8.16. The molecule has 70 valence electrons. The van der Waals surface area contributed by atoms with Gasteiger partial charge in [-0.05, 0) is 6.07 Å². The Balaban J connectivity index is 2.19. The molecule has 0 atom stereocenters. The van der Waals surface area contributed by atoms with Crippen LogP contribution < -0.4 is 5.84 Å². The molecule has 0 saturated heterocycles. The van der Waals surface area contributed by atoms with Crippen LogP contribution in [0.25, 0.3) is 0 Å². The van der Waals surface area contributed by atoms with Crippen molar-refractivity contribution >= 4 is 28.2 Å². The first kappa shape index (κ1) is 8.02. The third kappa shape index (κ3) is 1.06. The molecule has 1 aromatic rings. The van der Waals surface area contributed by atoms with Gasteiger partial charge < -0.3 is 0 Å². The maximum atomic E-state index is 5.62. The maximum absolute atomic E-state index is 5.62. The molecule has 2 N–H and O–H groups in total. The minimum Gasteiger partial charge on any atom is -0.239 e. The number of rotatable bonds is 0. The van der Waals surface area contributed by atoms with Gasteiger partial charge in [0, 0.05) is 5.56 Å². The number of aliphatic imine (C=N–C) groups is 1. The van der Waals surface area contributed by atoms with Crippen LogP contribution in [0, 0.1) is 0 Å². The molecule has 0 radical (unpaired) electrons. The highest BCUT2D eigenvalue weighted by Crippen LogP contribution is 2.32. The summed E-state index contributed by atoms with van der Waals surface area (Å²) in [6.45, 7) is 0. The third-order valence-electron chi connectivity index (χ3n) is 2.15. The average molecular weight is 204 g/mol. The Hall–Kier alpha value is -1.33. The summed E-state index contributed by atoms with van der Waals surface area (Å²) < 4.78 is 0. The number of hydrazine groups is 1. The minimum absolute atomic E-state index is 0.663. The number of thioether (sulfide) groups is 1. The lowest BCUT2D eigenvalue weighted by Crippen LogP contribution is -2.32. The van der Waals surface area contributed by atoms with E-state index in [0.717, 1.165) is 22.0 Å². The normalized spacial score (nSPS) is 18.5. The third-order valence-corrected chi connectivity index (χ3v) is 3.10. The lowest BCUT2D eigenvalue weighted by atomic mass is 10.1. The van der Waals surface area contributed by atoms with E-state index in [9.17, 15) is 0 Å². The molecule has 0 saturated carbocycles. The average Bonchev–Trinajstić information content (AvgIpc) is 2.56. The largest absolute Gasteiger partial charge is 0.239 e. The maximum Gasteiger partial charge on any atom is 0.127 e. The van der Waals surface area contributed by atoms with Crippen molar-refractivity contribution < 1.29 is 0 Å². The van der Waals surface area contributed by atoms with Crippen LogP contribution in [0.15, 0.2) is 34.4 Å². The fourth-order valence-corrected chi connectivity index (χ4v) is 2.29. The molecule has 0 unspecified atom stereocenters. The molecule has 1 aromatic carbocycles. The van der Waals surface area contributed by atoms with Gasteiger partial charge in [0.05, 0.1) is 5.69 Å². The van der Waals surface area contributed by atoms with Gasteiger partial charge in [0.1, 0.15) is 16.6 Å². The predicted octanol–water partition coefficient (Wildman–Crippen LogP) is 1.31. The van der Waals surface area contributed by atoms with Crippen molar-refractivity contribution in [1.82, 2.24) is 5.12 Å². The first-order valence-electron chi connectivity index (χ1n) is 4.27. The molecule has 2 heterocycles. The van der Waals surface area contributed by atoms with Crippen molar-refractivity contribution in [3.05, 3.63) is 29.8 Å². The number of nitrogens with two attached hydrogens (primary N) is 1. The van der Waals surface area contributed by atoms with Crippen molar-refractivity contribution in [3.63, 3.8) is 0 Å². The lowest BCUT2D eigenvalue weighted by Gasteiger charge is -2.18. The van der Waals surface area contributed by atoms with Crippen LogP contribution in [-0.2, 0) is 0 Å². The second-order valence-corrected chi connectivity index (χ2v) is 4.03. The van der Waals surface area contributed by atoms with Crippen molar-refractivity contribution in [2.75, 3.05) is 5.88 Å². The number of nitrogens with zero attached hydrogens (tertiary/aromatic N) is 3. The minimum atomic E-state index is 0.663. The molecule has 5 heteroatoms. The molecule has 0 aromatic heterocycles. The molecule has 2 aliphatic heterocycles. The van der Waals surface area contributed by atoms with E-state index in [-0.39, 0.29) is 0 Å². The van der Waals surface area contributed by atoms with Gasteiger partial charge in [-0.15, -0.1) is 0 Å². The van der Waals surface area contributed by atoms with Gasteiger partial charge >= 0.3 is 0 Å². The summed E-state index contributed by atoms with van der Waals surface area (Å²) in [7, 11) is 0. The molecule has 2 aliphatic rings. The van der Waals surface area contributed by atoms with E-state index in [1.807, 2.05) is 24.3 Å². The second-order valence-electron chi connectivity index (χ2n) is 3.10. The number of hydrazone groups is 1. The van der Waals surface area contributed by atoms with Gasteiger partial charge in [0.2, 0.25) is 0 Å². The highest BCUT2D eigenvalue weighted by Gasteiger charge is 2.26. The van der Waals surface area contributed by atoms with E-state index in [0.29, 0.717) is 5.88 Å². The number of fused-ring (bicyclic) bond motifs is 3. The highest BCUT2D eigenvalue weighted by atomic mass is 32.2. The molecule has 4 nitrogen and oxygen atoms in total. The van der Waals surface area contributed by atoms with Crippen molar-refractivity contribution in [3.8, 4) is 0 Å². The van der Waals surface area contributed by atoms with Gasteiger partial charge in [0.25, 0.3) is 0 Å². The van der Waals surface area contributed by atoms with Crippen LogP contribution in [0.2, 0.25) is 0 Å². The molecule has 0 spiro atoms. The summed E-state index contributed by atoms with van der Waals surface area (Å²) in [5, 5.41) is 6.69. The van der Waals surface area contributed by atoms with E-state index in [1.54, 1.807) is 11.8 Å². The zero-order chi connectivity index (χ0) is 9.54. The Bertz CT molecular complexity index is 452. The second kappa shape index (κ2) is 2.83. The molecule has 0 amide bonds. The van der Waals surface area contributed by atoms with Gasteiger partial charge in [-0.3, -0.25) is 0 Å². The highest BCUT2D eigenvalue weighted by molar-refractivity contribution is 8.15. The Kier molecular flexibility index (Phi) is 1.62. The van der Waals surface area contributed by atoms with Crippen molar-refractivity contribution in [1.29, 1.82) is 0 Å². The fraction of sp³-hybridized carbons (Fsp3) is 0.111. The van der Waals surface area contributed by atoms with E-state index in [4.69, 9.17) is 5.84 Å². The summed E-state index contributed by atoms with van der Waals surface area (Å²) in [4.78, 5) is 4.47. The van der Waals surface area contributed by atoms with Gasteiger partial charge in [-0.2, -0.15) is 5.10 Å². The molecule has 0 fully saturated rings. The summed E-state index contributed by atoms with van der Waals surface area (Å²) >= 11 is 1.62. The van der Waals surface area contributed by atoms with Crippen LogP contribution in [0.1, 0.15) is 5.56 Å². The fourth-order valence-electron chi connectivity index (χ4n) is 1.53. The summed E-state index contributed by atoms with van der Waals surface area (Å²) in [6, 6.07) is 7.97. The molecule has 0 aliphatic carbocycles. The van der Waals surface area contributed by atoms with Crippen LogP contribution in [0.5, 0.6) is 0 Å². The van der Waals surface area contributed by atoms with Gasteiger partial charge in [0.15, 0.2) is 0 Å². The van der Waals surface area contributed by atoms with Crippen LogP contribution in [-0.4, -0.2) is 21.8 Å². The number of hydrogen-bond donors (Lipinski definition) is 1. The van der Waals surface area contributed by atoms with Gasteiger partial charge in [-0.1, -0.05) is 30.0 Å². The first-order chi connectivity index (χ1) is 6.84. The topological polar surface area (TPSA) is 54.0 Å². The summed E-state index contributed by atoms with van der Waals surface area (Å²) in [5.41, 5.74) is 2.97. The number of hydrogen-bond acceptors (Lipinski definition) is 5. The molecular formula is C9H8N4S. The van der Waals surface area contributed by atoms with E-state index in [1.165, 1.54) is 5.12 Å². The molecule has 14 heavy (non-hydrogen) atoms. The van der Waals surface area contributed by atoms with Crippen molar-refractivity contribution in [2.24, 2.45) is 15.9 Å². The Labute approximate surface area is 85.5 Å². The smallest absolute Gasteiger partial charge is 0.127 e. The zero-order valence-electron chi connectivity index (χ0n) is 7.34. The van der Waals surface area contributed by atoms with E-state index in [2.05, 4.69) is 10.1 Å². The Morgan fingerprint density at radius 1 is 1.36 bits per heavy atom. The molecule has 3 rings (SSSR count). The standard InChI is InChI=1S/C9H8N4S/c10-13-5-14-9-8(12-13)6-3-1-2-4-7(6)11-9/h1-4H,5,10H2. The van der Waals surface area contributed by atoms with E-state index >= 15 is 0 Å². The lowest BCUT2D eigenvalue weighted by molar-refractivity contribution is 0.356. The Morgan fingerprint density at radius 2 is 2.21 bits per heavy atom. The van der Waals surface area contributed by atoms with Gasteiger partial charge in [-0.25, -0.2) is 16.0 Å². The molecular weight excluding hydrogens is 196 g/mol. The Morgan fingerprint density at radius 3 is 3.14 bits per heavy atom. The van der Waals surface area contributed by atoms with E-state index < -0.39 is 0 Å². The summed E-state index contributed by atoms with van der Waals surface area (Å²) in [5.74, 6) is 6.28. The van der Waals surface area contributed by atoms with Crippen LogP contribution in [0.4, 0.5) is 5.69 Å². The number of benzene rings is 1. The monoisotopic (exact) mass is 204 g/mol.